The molecule has 3 nitrogen and oxygen atoms in total. The molecular formula is C13H25NO2. The normalized spacial score (nSPS) is 23.1. The lowest BCUT2D eigenvalue weighted by Gasteiger charge is -2.24. The van der Waals surface area contributed by atoms with E-state index in [2.05, 4.69) is 0 Å². The van der Waals surface area contributed by atoms with Crippen LogP contribution in [0.4, 0.5) is 0 Å². The van der Waals surface area contributed by atoms with Crippen molar-refractivity contribution in [2.75, 3.05) is 0 Å². The van der Waals surface area contributed by atoms with Crippen molar-refractivity contribution in [2.45, 2.75) is 64.1 Å². The Bertz CT molecular complexity index is 222. The molecule has 1 fully saturated rings. The molecule has 1 rings (SSSR count). The highest BCUT2D eigenvalue weighted by Crippen LogP contribution is 2.28. The van der Waals surface area contributed by atoms with Crippen LogP contribution in [-0.2, 0) is 0 Å². The Kier molecular flexibility index (Phi) is 5.85. The van der Waals surface area contributed by atoms with E-state index in [0.29, 0.717) is 12.0 Å². The van der Waals surface area contributed by atoms with E-state index in [1.54, 1.807) is 6.92 Å². The average Bonchev–Trinajstić information content (AvgIpc) is 2.35. The Morgan fingerprint density at radius 2 is 1.94 bits per heavy atom. The zero-order chi connectivity index (χ0) is 12.0. The third-order valence-electron chi connectivity index (χ3n) is 3.69. The summed E-state index contributed by atoms with van der Waals surface area (Å²) in [6.07, 6.45) is 8.19. The van der Waals surface area contributed by atoms with E-state index < -0.39 is 12.2 Å². The third-order valence-corrected chi connectivity index (χ3v) is 3.69. The SMILES string of the molecule is CC(=CN)C(O)C(O)CCC1CCCCC1. The van der Waals surface area contributed by atoms with Gasteiger partial charge in [0.25, 0.3) is 0 Å². The van der Waals surface area contributed by atoms with Gasteiger partial charge in [0.2, 0.25) is 0 Å². The highest BCUT2D eigenvalue weighted by atomic mass is 16.3. The molecule has 0 aliphatic heterocycles. The van der Waals surface area contributed by atoms with Crippen molar-refractivity contribution in [3.8, 4) is 0 Å². The second-order valence-electron chi connectivity index (χ2n) is 5.00. The van der Waals surface area contributed by atoms with Gasteiger partial charge in [0.05, 0.1) is 6.10 Å². The largest absolute Gasteiger partial charge is 0.405 e. The van der Waals surface area contributed by atoms with Crippen LogP contribution in [0.2, 0.25) is 0 Å². The van der Waals surface area contributed by atoms with Crippen molar-refractivity contribution in [1.29, 1.82) is 0 Å². The number of aliphatic hydroxyl groups excluding tert-OH is 2. The van der Waals surface area contributed by atoms with E-state index in [9.17, 15) is 10.2 Å². The Hall–Kier alpha value is -0.540. The quantitative estimate of drug-likeness (QED) is 0.672. The van der Waals surface area contributed by atoms with Gasteiger partial charge in [-0.25, -0.2) is 0 Å². The first-order chi connectivity index (χ1) is 7.65. The molecule has 0 saturated heterocycles. The third kappa shape index (κ3) is 4.14. The molecule has 16 heavy (non-hydrogen) atoms. The molecule has 0 aromatic carbocycles. The summed E-state index contributed by atoms with van der Waals surface area (Å²) < 4.78 is 0. The number of aliphatic hydroxyl groups is 2. The van der Waals surface area contributed by atoms with Crippen molar-refractivity contribution >= 4 is 0 Å². The maximum atomic E-state index is 9.80. The predicted octanol–water partition coefficient (Wildman–Crippen LogP) is 1.93. The minimum Gasteiger partial charge on any atom is -0.405 e. The minimum atomic E-state index is -0.798. The zero-order valence-corrected chi connectivity index (χ0v) is 10.2. The summed E-state index contributed by atoms with van der Waals surface area (Å²) in [4.78, 5) is 0. The Labute approximate surface area is 98.4 Å². The maximum absolute atomic E-state index is 9.80. The van der Waals surface area contributed by atoms with Crippen LogP contribution in [0.3, 0.4) is 0 Å². The fourth-order valence-corrected chi connectivity index (χ4v) is 2.44. The fourth-order valence-electron chi connectivity index (χ4n) is 2.44. The van der Waals surface area contributed by atoms with Gasteiger partial charge >= 0.3 is 0 Å². The van der Waals surface area contributed by atoms with Gasteiger partial charge in [0, 0.05) is 0 Å². The lowest BCUT2D eigenvalue weighted by Crippen LogP contribution is -2.28. The highest BCUT2D eigenvalue weighted by Gasteiger charge is 2.20. The van der Waals surface area contributed by atoms with E-state index in [1.165, 1.54) is 38.3 Å². The lowest BCUT2D eigenvalue weighted by atomic mass is 9.85. The molecule has 0 bridgehead atoms. The van der Waals surface area contributed by atoms with Gasteiger partial charge in [0.1, 0.15) is 6.10 Å². The van der Waals surface area contributed by atoms with Gasteiger partial charge in [0.15, 0.2) is 0 Å². The Morgan fingerprint density at radius 1 is 1.31 bits per heavy atom. The molecule has 3 heteroatoms. The Balaban J connectivity index is 2.25. The van der Waals surface area contributed by atoms with Gasteiger partial charge in [-0.2, -0.15) is 0 Å². The van der Waals surface area contributed by atoms with Crippen LogP contribution in [0, 0.1) is 5.92 Å². The van der Waals surface area contributed by atoms with E-state index in [1.807, 2.05) is 0 Å². The fraction of sp³-hybridized carbons (Fsp3) is 0.846. The second-order valence-corrected chi connectivity index (χ2v) is 5.00. The van der Waals surface area contributed by atoms with Crippen LogP contribution >= 0.6 is 0 Å². The maximum Gasteiger partial charge on any atom is 0.102 e. The zero-order valence-electron chi connectivity index (χ0n) is 10.2. The molecule has 1 aliphatic rings. The first kappa shape index (κ1) is 13.5. The molecule has 0 aromatic rings. The first-order valence-electron chi connectivity index (χ1n) is 6.39. The highest BCUT2D eigenvalue weighted by molar-refractivity contribution is 5.04. The van der Waals surface area contributed by atoms with E-state index in [0.717, 1.165) is 12.3 Å². The van der Waals surface area contributed by atoms with Gasteiger partial charge in [-0.05, 0) is 37.5 Å². The monoisotopic (exact) mass is 227 g/mol. The summed E-state index contributed by atoms with van der Waals surface area (Å²) in [5.41, 5.74) is 5.97. The minimum absolute atomic E-state index is 0.649. The lowest BCUT2D eigenvalue weighted by molar-refractivity contribution is 0.0311. The van der Waals surface area contributed by atoms with E-state index >= 15 is 0 Å². The molecule has 0 aromatic heterocycles. The molecule has 0 radical (unpaired) electrons. The Morgan fingerprint density at radius 3 is 2.50 bits per heavy atom. The van der Waals surface area contributed by atoms with Gasteiger partial charge in [-0.1, -0.05) is 32.1 Å². The molecule has 0 spiro atoms. The van der Waals surface area contributed by atoms with Gasteiger partial charge in [-0.3, -0.25) is 0 Å². The van der Waals surface area contributed by atoms with Crippen LogP contribution in [0.15, 0.2) is 11.8 Å². The summed E-state index contributed by atoms with van der Waals surface area (Å²) in [5, 5.41) is 19.5. The van der Waals surface area contributed by atoms with Crippen LogP contribution in [0.25, 0.3) is 0 Å². The molecule has 0 heterocycles. The predicted molar refractivity (Wildman–Crippen MR) is 65.8 cm³/mol. The van der Waals surface area contributed by atoms with Crippen molar-refractivity contribution in [3.05, 3.63) is 11.8 Å². The molecule has 94 valence electrons. The van der Waals surface area contributed by atoms with E-state index in [-0.39, 0.29) is 0 Å². The van der Waals surface area contributed by atoms with Crippen LogP contribution in [0.5, 0.6) is 0 Å². The van der Waals surface area contributed by atoms with Crippen LogP contribution < -0.4 is 5.73 Å². The van der Waals surface area contributed by atoms with Gasteiger partial charge in [-0.15, -0.1) is 0 Å². The summed E-state index contributed by atoms with van der Waals surface area (Å²) >= 11 is 0. The molecule has 2 atom stereocenters. The van der Waals surface area contributed by atoms with E-state index in [4.69, 9.17) is 5.73 Å². The summed E-state index contributed by atoms with van der Waals surface area (Å²) in [6.45, 7) is 1.74. The molecule has 4 N–H and O–H groups in total. The van der Waals surface area contributed by atoms with Crippen molar-refractivity contribution < 1.29 is 10.2 Å². The number of hydrogen-bond donors (Lipinski definition) is 3. The summed E-state index contributed by atoms with van der Waals surface area (Å²) in [5.74, 6) is 0.748. The molecule has 1 aliphatic carbocycles. The molecular weight excluding hydrogens is 202 g/mol. The first-order valence-corrected chi connectivity index (χ1v) is 6.39. The number of rotatable bonds is 5. The number of nitrogens with two attached hydrogens (primary N) is 1. The summed E-state index contributed by atoms with van der Waals surface area (Å²) in [7, 11) is 0. The van der Waals surface area contributed by atoms with Crippen LogP contribution in [0.1, 0.15) is 51.9 Å². The standard InChI is InChI=1S/C13H25NO2/c1-10(9-14)13(16)12(15)8-7-11-5-3-2-4-6-11/h9,11-13,15-16H,2-8,14H2,1H3. The topological polar surface area (TPSA) is 66.5 Å². The molecule has 1 saturated carbocycles. The molecule has 2 unspecified atom stereocenters. The number of hydrogen-bond acceptors (Lipinski definition) is 3. The van der Waals surface area contributed by atoms with Gasteiger partial charge < -0.3 is 15.9 Å². The van der Waals surface area contributed by atoms with Crippen molar-refractivity contribution in [2.24, 2.45) is 11.7 Å². The van der Waals surface area contributed by atoms with Crippen LogP contribution in [-0.4, -0.2) is 22.4 Å². The smallest absolute Gasteiger partial charge is 0.102 e. The second kappa shape index (κ2) is 6.92. The summed E-state index contributed by atoms with van der Waals surface area (Å²) in [6, 6.07) is 0. The van der Waals surface area contributed by atoms with Crippen molar-refractivity contribution in [1.82, 2.24) is 0 Å². The average molecular weight is 227 g/mol. The molecule has 0 amide bonds. The van der Waals surface area contributed by atoms with Crippen molar-refractivity contribution in [3.63, 3.8) is 0 Å².